The van der Waals surface area contributed by atoms with Gasteiger partial charge in [0.2, 0.25) is 0 Å². The molecule has 1 fully saturated rings. The summed E-state index contributed by atoms with van der Waals surface area (Å²) in [5.74, 6) is 0.649. The van der Waals surface area contributed by atoms with Gasteiger partial charge in [0.05, 0.1) is 0 Å². The lowest BCUT2D eigenvalue weighted by molar-refractivity contribution is 0.479. The Morgan fingerprint density at radius 1 is 0.952 bits per heavy atom. The average molecular weight is 292 g/mol. The van der Waals surface area contributed by atoms with Crippen LogP contribution in [0.4, 0.5) is 5.82 Å². The van der Waals surface area contributed by atoms with E-state index in [-0.39, 0.29) is 5.69 Å². The average Bonchev–Trinajstić information content (AvgIpc) is 2.45. The summed E-state index contributed by atoms with van der Waals surface area (Å²) >= 11 is 0. The van der Waals surface area contributed by atoms with Crippen LogP contribution in [-0.2, 0) is 0 Å². The Hall–Kier alpha value is -1.39. The molecule has 0 radical (unpaired) electrons. The molecule has 0 bridgehead atoms. The van der Waals surface area contributed by atoms with E-state index in [2.05, 4.69) is 20.5 Å². The van der Waals surface area contributed by atoms with Crippen LogP contribution in [0.1, 0.15) is 76.3 Å². The van der Waals surface area contributed by atoms with Gasteiger partial charge < -0.3 is 5.32 Å². The Balaban J connectivity index is 1.93. The van der Waals surface area contributed by atoms with Crippen LogP contribution >= 0.6 is 0 Å². The normalized spacial score (nSPS) is 19.5. The van der Waals surface area contributed by atoms with Gasteiger partial charge in [-0.3, -0.25) is 0 Å². The molecule has 0 spiro atoms. The molecule has 1 aromatic rings. The smallest absolute Gasteiger partial charge is 0.363 e. The van der Waals surface area contributed by atoms with Gasteiger partial charge in [0.25, 0.3) is 0 Å². The zero-order chi connectivity index (χ0) is 14.9. The number of nitrogens with zero attached hydrogens (tertiary/aromatic N) is 2. The van der Waals surface area contributed by atoms with Crippen molar-refractivity contribution < 1.29 is 0 Å². The number of aromatic amines is 1. The molecule has 0 saturated heterocycles. The number of rotatable bonds is 2. The van der Waals surface area contributed by atoms with E-state index in [0.717, 1.165) is 18.5 Å². The second-order valence-electron chi connectivity index (χ2n) is 6.18. The van der Waals surface area contributed by atoms with Gasteiger partial charge in [-0.2, -0.15) is 10.1 Å². The number of hydrogen-bond acceptors (Lipinski definition) is 4. The Kier molecular flexibility index (Phi) is 6.70. The van der Waals surface area contributed by atoms with Crippen molar-refractivity contribution in [2.24, 2.45) is 0 Å². The van der Waals surface area contributed by atoms with Gasteiger partial charge in [-0.1, -0.05) is 57.8 Å². The zero-order valence-electron chi connectivity index (χ0n) is 13.2. The van der Waals surface area contributed by atoms with Crippen molar-refractivity contribution in [3.8, 4) is 0 Å². The van der Waals surface area contributed by atoms with Crippen LogP contribution in [0.3, 0.4) is 0 Å². The maximum atomic E-state index is 11.3. The van der Waals surface area contributed by atoms with E-state index in [9.17, 15) is 4.79 Å². The van der Waals surface area contributed by atoms with Crippen LogP contribution in [0, 0.1) is 6.92 Å². The monoisotopic (exact) mass is 292 g/mol. The molecule has 5 heteroatoms. The second-order valence-corrected chi connectivity index (χ2v) is 6.18. The Morgan fingerprint density at radius 2 is 1.48 bits per heavy atom. The van der Waals surface area contributed by atoms with Gasteiger partial charge >= 0.3 is 5.69 Å². The highest BCUT2D eigenvalue weighted by Gasteiger charge is 2.12. The highest BCUT2D eigenvalue weighted by atomic mass is 16.1. The molecular weight excluding hydrogens is 264 g/mol. The highest BCUT2D eigenvalue weighted by molar-refractivity contribution is 5.38. The molecule has 1 aromatic heterocycles. The topological polar surface area (TPSA) is 70.7 Å². The van der Waals surface area contributed by atoms with Crippen LogP contribution in [0.25, 0.3) is 0 Å². The predicted octanol–water partition coefficient (Wildman–Crippen LogP) is 3.56. The van der Waals surface area contributed by atoms with Gasteiger partial charge in [-0.15, -0.1) is 0 Å². The lowest BCUT2D eigenvalue weighted by Gasteiger charge is -2.20. The van der Waals surface area contributed by atoms with Crippen LogP contribution in [-0.4, -0.2) is 21.2 Å². The van der Waals surface area contributed by atoms with Crippen LogP contribution in [0.15, 0.2) is 4.79 Å². The summed E-state index contributed by atoms with van der Waals surface area (Å²) in [6, 6.07) is 0.416. The molecule has 0 aliphatic heterocycles. The van der Waals surface area contributed by atoms with E-state index in [4.69, 9.17) is 0 Å². The Bertz CT molecular complexity index is 460. The molecule has 1 aliphatic carbocycles. The second kappa shape index (κ2) is 8.80. The molecule has 0 amide bonds. The number of aromatic nitrogens is 3. The minimum Gasteiger partial charge on any atom is -0.366 e. The third-order valence-corrected chi connectivity index (χ3v) is 4.32. The van der Waals surface area contributed by atoms with E-state index in [1.54, 1.807) is 0 Å². The summed E-state index contributed by atoms with van der Waals surface area (Å²) in [5, 5.41) is 9.81. The summed E-state index contributed by atoms with van der Waals surface area (Å²) in [6.45, 7) is 1.88. The van der Waals surface area contributed by atoms with Gasteiger partial charge in [0.15, 0.2) is 5.82 Å². The number of anilines is 1. The summed E-state index contributed by atoms with van der Waals surface area (Å²) < 4.78 is 0. The first-order valence-electron chi connectivity index (χ1n) is 8.45. The first kappa shape index (κ1) is 16.0. The molecule has 1 saturated carbocycles. The van der Waals surface area contributed by atoms with Crippen LogP contribution < -0.4 is 11.0 Å². The molecule has 0 aromatic carbocycles. The van der Waals surface area contributed by atoms with E-state index in [1.807, 2.05) is 6.92 Å². The third kappa shape index (κ3) is 5.86. The van der Waals surface area contributed by atoms with Crippen LogP contribution in [0.5, 0.6) is 0 Å². The third-order valence-electron chi connectivity index (χ3n) is 4.32. The SMILES string of the molecule is Cc1n[nH]c(=O)nc1NC1CCCCCCCCCCC1. The molecule has 0 atom stereocenters. The van der Waals surface area contributed by atoms with Crippen LogP contribution in [0.2, 0.25) is 0 Å². The predicted molar refractivity (Wildman–Crippen MR) is 85.6 cm³/mol. The first-order chi connectivity index (χ1) is 10.3. The minimum absolute atomic E-state index is 0.378. The van der Waals surface area contributed by atoms with Crippen molar-refractivity contribution in [1.29, 1.82) is 0 Å². The molecule has 0 unspecified atom stereocenters. The van der Waals surface area contributed by atoms with Crippen molar-refractivity contribution in [3.05, 3.63) is 16.2 Å². The van der Waals surface area contributed by atoms with Crippen molar-refractivity contribution in [3.63, 3.8) is 0 Å². The molecule has 2 N–H and O–H groups in total. The molecular formula is C16H28N4O. The fourth-order valence-corrected chi connectivity index (χ4v) is 3.03. The number of aryl methyl sites for hydroxylation is 1. The molecule has 1 heterocycles. The fraction of sp³-hybridized carbons (Fsp3) is 0.812. The van der Waals surface area contributed by atoms with Gasteiger partial charge in [0, 0.05) is 6.04 Å². The lowest BCUT2D eigenvalue weighted by atomic mass is 9.98. The molecule has 2 rings (SSSR count). The Labute approximate surface area is 127 Å². The van der Waals surface area contributed by atoms with Crippen molar-refractivity contribution in [1.82, 2.24) is 15.2 Å². The summed E-state index contributed by atoms with van der Waals surface area (Å²) in [6.07, 6.45) is 14.4. The molecule has 118 valence electrons. The fourth-order valence-electron chi connectivity index (χ4n) is 3.03. The summed E-state index contributed by atoms with van der Waals surface area (Å²) in [5.41, 5.74) is 0.386. The zero-order valence-corrected chi connectivity index (χ0v) is 13.2. The molecule has 21 heavy (non-hydrogen) atoms. The number of nitrogens with one attached hydrogen (secondary N) is 2. The maximum Gasteiger partial charge on any atom is 0.363 e. The molecule has 1 aliphatic rings. The van der Waals surface area contributed by atoms with Gasteiger partial charge in [-0.25, -0.2) is 9.89 Å². The Morgan fingerprint density at radius 3 is 2.05 bits per heavy atom. The van der Waals surface area contributed by atoms with Gasteiger partial charge in [0.1, 0.15) is 5.69 Å². The summed E-state index contributed by atoms with van der Waals surface area (Å²) in [4.78, 5) is 15.3. The first-order valence-corrected chi connectivity index (χ1v) is 8.45. The van der Waals surface area contributed by atoms with E-state index >= 15 is 0 Å². The van der Waals surface area contributed by atoms with E-state index in [0.29, 0.717) is 11.9 Å². The van der Waals surface area contributed by atoms with Gasteiger partial charge in [-0.05, 0) is 19.8 Å². The lowest BCUT2D eigenvalue weighted by Crippen LogP contribution is -2.24. The van der Waals surface area contributed by atoms with Crippen molar-refractivity contribution in [2.45, 2.75) is 83.6 Å². The quantitative estimate of drug-likeness (QED) is 0.874. The maximum absolute atomic E-state index is 11.3. The number of H-pyrrole nitrogens is 1. The van der Waals surface area contributed by atoms with E-state index in [1.165, 1.54) is 57.8 Å². The standard InChI is InChI=1S/C16H28N4O/c1-13-15(18-16(21)20-19-13)17-14-11-9-7-5-3-2-4-6-8-10-12-14/h14H,2-12H2,1H3,(H2,17,18,20,21). The molecule has 5 nitrogen and oxygen atoms in total. The number of hydrogen-bond donors (Lipinski definition) is 2. The van der Waals surface area contributed by atoms with Crippen molar-refractivity contribution >= 4 is 5.82 Å². The summed E-state index contributed by atoms with van der Waals surface area (Å²) in [7, 11) is 0. The minimum atomic E-state index is -0.378. The van der Waals surface area contributed by atoms with Crippen molar-refractivity contribution in [2.75, 3.05) is 5.32 Å². The highest BCUT2D eigenvalue weighted by Crippen LogP contribution is 2.19. The van der Waals surface area contributed by atoms with E-state index < -0.39 is 0 Å². The largest absolute Gasteiger partial charge is 0.366 e.